The van der Waals surface area contributed by atoms with Crippen molar-refractivity contribution < 1.29 is 28.2 Å². The predicted octanol–water partition coefficient (Wildman–Crippen LogP) is 2.19. The normalized spacial score (nSPS) is 16.5. The van der Waals surface area contributed by atoms with E-state index in [1.165, 1.54) is 36.1 Å². The van der Waals surface area contributed by atoms with Crippen molar-refractivity contribution >= 4 is 23.4 Å². The van der Waals surface area contributed by atoms with Gasteiger partial charge >= 0.3 is 0 Å². The van der Waals surface area contributed by atoms with Crippen LogP contribution in [0, 0.1) is 11.7 Å². The number of nitrogens with one attached hydrogen (secondary N) is 2. The number of anilines is 1. The highest BCUT2D eigenvalue weighted by atomic mass is 19.1. The van der Waals surface area contributed by atoms with Crippen LogP contribution in [-0.2, 0) is 14.4 Å². The second kappa shape index (κ2) is 9.92. The van der Waals surface area contributed by atoms with Crippen LogP contribution < -0.4 is 25.2 Å². The Morgan fingerprint density at radius 2 is 1.74 bits per heavy atom. The number of hydrazine groups is 1. The van der Waals surface area contributed by atoms with Crippen LogP contribution in [-0.4, -0.2) is 37.0 Å². The van der Waals surface area contributed by atoms with E-state index in [2.05, 4.69) is 10.9 Å². The number of carbonyl (C=O) groups is 3. The van der Waals surface area contributed by atoms with E-state index in [1.807, 2.05) is 6.92 Å². The molecule has 2 aromatic rings. The van der Waals surface area contributed by atoms with Crippen molar-refractivity contribution in [2.24, 2.45) is 5.92 Å². The van der Waals surface area contributed by atoms with Crippen LogP contribution in [0.1, 0.15) is 20.3 Å². The summed E-state index contributed by atoms with van der Waals surface area (Å²) in [5.74, 6) is -1.22. The molecular weight excluding hydrogens is 405 g/mol. The standard InChI is InChI=1S/C22H24FN3O5/c1-3-30-18-10-6-17(7-11-18)26-13-15(12-20(26)27)22(29)25-24-21(28)14(2)31-19-8-4-16(23)5-9-19/h4-11,14-15H,3,12-13H2,1-2H3,(H,24,28)(H,25,29)/t14-,15-/m0/s1. The van der Waals surface area contributed by atoms with E-state index in [0.717, 1.165) is 0 Å². The van der Waals surface area contributed by atoms with Gasteiger partial charge in [0.1, 0.15) is 17.3 Å². The number of benzene rings is 2. The molecule has 0 saturated carbocycles. The molecule has 0 aromatic heterocycles. The zero-order valence-corrected chi connectivity index (χ0v) is 17.3. The van der Waals surface area contributed by atoms with E-state index in [0.29, 0.717) is 23.8 Å². The van der Waals surface area contributed by atoms with E-state index in [4.69, 9.17) is 9.47 Å². The number of nitrogens with zero attached hydrogens (tertiary/aromatic N) is 1. The van der Waals surface area contributed by atoms with Gasteiger partial charge in [-0.15, -0.1) is 0 Å². The lowest BCUT2D eigenvalue weighted by Gasteiger charge is -2.18. The van der Waals surface area contributed by atoms with E-state index >= 15 is 0 Å². The van der Waals surface area contributed by atoms with E-state index in [-0.39, 0.29) is 18.9 Å². The fraction of sp³-hybridized carbons (Fsp3) is 0.318. The Hall–Kier alpha value is -3.62. The highest BCUT2D eigenvalue weighted by molar-refractivity contribution is 6.00. The zero-order chi connectivity index (χ0) is 22.4. The summed E-state index contributed by atoms with van der Waals surface area (Å²) in [6, 6.07) is 12.3. The molecular formula is C22H24FN3O5. The molecule has 164 valence electrons. The van der Waals surface area contributed by atoms with Crippen LogP contribution >= 0.6 is 0 Å². The van der Waals surface area contributed by atoms with Crippen molar-refractivity contribution in [2.75, 3.05) is 18.1 Å². The third kappa shape index (κ3) is 5.71. The van der Waals surface area contributed by atoms with Crippen molar-refractivity contribution in [1.82, 2.24) is 10.9 Å². The highest BCUT2D eigenvalue weighted by Gasteiger charge is 2.35. The van der Waals surface area contributed by atoms with Crippen LogP contribution in [0.25, 0.3) is 0 Å². The van der Waals surface area contributed by atoms with Gasteiger partial charge in [0.05, 0.1) is 12.5 Å². The quantitative estimate of drug-likeness (QED) is 0.658. The monoisotopic (exact) mass is 429 g/mol. The summed E-state index contributed by atoms with van der Waals surface area (Å²) in [7, 11) is 0. The molecule has 1 aliphatic rings. The molecule has 1 heterocycles. The molecule has 2 aromatic carbocycles. The minimum absolute atomic E-state index is 0.0382. The molecule has 31 heavy (non-hydrogen) atoms. The number of carbonyl (C=O) groups excluding carboxylic acids is 3. The zero-order valence-electron chi connectivity index (χ0n) is 17.3. The molecule has 3 amide bonds. The molecule has 0 radical (unpaired) electrons. The van der Waals surface area contributed by atoms with Gasteiger partial charge in [0, 0.05) is 18.7 Å². The molecule has 0 unspecified atom stereocenters. The number of hydrogen-bond acceptors (Lipinski definition) is 5. The van der Waals surface area contributed by atoms with Crippen molar-refractivity contribution in [3.8, 4) is 11.5 Å². The van der Waals surface area contributed by atoms with Gasteiger partial charge in [0.2, 0.25) is 11.8 Å². The first-order valence-corrected chi connectivity index (χ1v) is 9.92. The largest absolute Gasteiger partial charge is 0.494 e. The molecule has 1 fully saturated rings. The Kier molecular flexibility index (Phi) is 7.07. The predicted molar refractivity (Wildman–Crippen MR) is 111 cm³/mol. The van der Waals surface area contributed by atoms with Crippen molar-refractivity contribution in [1.29, 1.82) is 0 Å². The average molecular weight is 429 g/mol. The van der Waals surface area contributed by atoms with E-state index in [9.17, 15) is 18.8 Å². The summed E-state index contributed by atoms with van der Waals surface area (Å²) in [5, 5.41) is 0. The summed E-state index contributed by atoms with van der Waals surface area (Å²) in [6.45, 7) is 4.13. The topological polar surface area (TPSA) is 97.0 Å². The minimum Gasteiger partial charge on any atom is -0.494 e. The van der Waals surface area contributed by atoms with Crippen LogP contribution in [0.5, 0.6) is 11.5 Å². The van der Waals surface area contributed by atoms with Gasteiger partial charge < -0.3 is 14.4 Å². The molecule has 9 heteroatoms. The second-order valence-corrected chi connectivity index (χ2v) is 7.02. The van der Waals surface area contributed by atoms with Gasteiger partial charge in [-0.3, -0.25) is 25.2 Å². The Labute approximate surface area is 179 Å². The van der Waals surface area contributed by atoms with Crippen LogP contribution in [0.2, 0.25) is 0 Å². The summed E-state index contributed by atoms with van der Waals surface area (Å²) in [5.41, 5.74) is 5.31. The highest BCUT2D eigenvalue weighted by Crippen LogP contribution is 2.27. The maximum Gasteiger partial charge on any atom is 0.279 e. The van der Waals surface area contributed by atoms with E-state index in [1.54, 1.807) is 24.3 Å². The van der Waals surface area contributed by atoms with Gasteiger partial charge in [0.25, 0.3) is 5.91 Å². The third-order valence-corrected chi connectivity index (χ3v) is 4.76. The number of ether oxygens (including phenoxy) is 2. The summed E-state index contributed by atoms with van der Waals surface area (Å²) in [6.07, 6.45) is -0.882. The maximum absolute atomic E-state index is 12.9. The van der Waals surface area contributed by atoms with Gasteiger partial charge in [0.15, 0.2) is 6.10 Å². The van der Waals surface area contributed by atoms with Gasteiger partial charge in [-0.05, 0) is 62.4 Å². The number of hydrogen-bond donors (Lipinski definition) is 2. The molecule has 1 saturated heterocycles. The minimum atomic E-state index is -0.920. The molecule has 0 spiro atoms. The van der Waals surface area contributed by atoms with E-state index < -0.39 is 29.7 Å². The molecule has 1 aliphatic heterocycles. The first-order chi connectivity index (χ1) is 14.9. The molecule has 8 nitrogen and oxygen atoms in total. The number of halogens is 1. The van der Waals surface area contributed by atoms with Gasteiger partial charge in [-0.25, -0.2) is 4.39 Å². The Morgan fingerprint density at radius 3 is 2.39 bits per heavy atom. The maximum atomic E-state index is 12.9. The lowest BCUT2D eigenvalue weighted by Crippen LogP contribution is -2.49. The van der Waals surface area contributed by atoms with Crippen LogP contribution in [0.3, 0.4) is 0 Å². The van der Waals surface area contributed by atoms with Crippen LogP contribution in [0.4, 0.5) is 10.1 Å². The fourth-order valence-corrected chi connectivity index (χ4v) is 3.12. The molecule has 0 bridgehead atoms. The summed E-state index contributed by atoms with van der Waals surface area (Å²) >= 11 is 0. The smallest absolute Gasteiger partial charge is 0.279 e. The summed E-state index contributed by atoms with van der Waals surface area (Å²) < 4.78 is 23.7. The molecule has 2 atom stereocenters. The van der Waals surface area contributed by atoms with Crippen molar-refractivity contribution in [3.05, 3.63) is 54.3 Å². The lowest BCUT2D eigenvalue weighted by molar-refractivity contribution is -0.134. The molecule has 3 rings (SSSR count). The van der Waals surface area contributed by atoms with Crippen molar-refractivity contribution in [3.63, 3.8) is 0 Å². The lowest BCUT2D eigenvalue weighted by atomic mass is 10.1. The average Bonchev–Trinajstić information content (AvgIpc) is 3.16. The Morgan fingerprint density at radius 1 is 1.10 bits per heavy atom. The van der Waals surface area contributed by atoms with Crippen molar-refractivity contribution in [2.45, 2.75) is 26.4 Å². The fourth-order valence-electron chi connectivity index (χ4n) is 3.12. The first kappa shape index (κ1) is 22.1. The Bertz CT molecular complexity index is 933. The molecule has 0 aliphatic carbocycles. The van der Waals surface area contributed by atoms with Gasteiger partial charge in [-0.2, -0.15) is 0 Å². The first-order valence-electron chi connectivity index (χ1n) is 9.92. The number of amides is 3. The van der Waals surface area contributed by atoms with Crippen LogP contribution in [0.15, 0.2) is 48.5 Å². The summed E-state index contributed by atoms with van der Waals surface area (Å²) in [4.78, 5) is 38.5. The van der Waals surface area contributed by atoms with Gasteiger partial charge in [-0.1, -0.05) is 0 Å². The number of rotatable bonds is 7. The molecule has 2 N–H and O–H groups in total. The Balaban J connectivity index is 1.49. The second-order valence-electron chi connectivity index (χ2n) is 7.02. The third-order valence-electron chi connectivity index (χ3n) is 4.76. The SMILES string of the molecule is CCOc1ccc(N2C[C@@H](C(=O)NNC(=O)[C@H](C)Oc3ccc(F)cc3)CC2=O)cc1.